The number of benzene rings is 1. The summed E-state index contributed by atoms with van der Waals surface area (Å²) in [7, 11) is 0. The van der Waals surface area contributed by atoms with Crippen molar-refractivity contribution in [2.75, 3.05) is 0 Å². The lowest BCUT2D eigenvalue weighted by Gasteiger charge is -1.96. The summed E-state index contributed by atoms with van der Waals surface area (Å²) in [6, 6.07) is 7.74. The van der Waals surface area contributed by atoms with Crippen LogP contribution in [0.15, 0.2) is 45.5 Å². The number of nitrogens with zero attached hydrogens (tertiary/aromatic N) is 4. The van der Waals surface area contributed by atoms with Crippen molar-refractivity contribution in [3.8, 4) is 11.5 Å². The van der Waals surface area contributed by atoms with Crippen LogP contribution in [0.1, 0.15) is 11.5 Å². The fourth-order valence-electron chi connectivity index (χ4n) is 1.72. The zero-order valence-electron chi connectivity index (χ0n) is 10.2. The van der Waals surface area contributed by atoms with Crippen LogP contribution in [-0.4, -0.2) is 20.0 Å². The highest BCUT2D eigenvalue weighted by molar-refractivity contribution is 9.10. The van der Waals surface area contributed by atoms with Gasteiger partial charge in [0.1, 0.15) is 6.54 Å². The minimum atomic E-state index is 0.484. The highest BCUT2D eigenvalue weighted by atomic mass is 79.9. The molecule has 3 rings (SSSR count). The van der Waals surface area contributed by atoms with Crippen molar-refractivity contribution in [1.29, 1.82) is 0 Å². The lowest BCUT2D eigenvalue weighted by molar-refractivity contribution is 0.474. The topological polar surface area (TPSA) is 56.7 Å². The van der Waals surface area contributed by atoms with Crippen LogP contribution in [0.4, 0.5) is 0 Å². The minimum Gasteiger partial charge on any atom is -0.419 e. The normalized spacial score (nSPS) is 10.8. The Hall–Kier alpha value is -1.95. The molecule has 6 heteroatoms. The molecule has 0 aliphatic rings. The molecule has 0 atom stereocenters. The molecule has 5 nitrogen and oxygen atoms in total. The van der Waals surface area contributed by atoms with Crippen molar-refractivity contribution in [1.82, 2.24) is 20.0 Å². The molecule has 0 bridgehead atoms. The van der Waals surface area contributed by atoms with Crippen molar-refractivity contribution in [3.05, 3.63) is 52.6 Å². The molecule has 0 N–H and O–H groups in total. The number of rotatable bonds is 3. The highest BCUT2D eigenvalue weighted by Crippen LogP contribution is 2.20. The number of aryl methyl sites for hydroxylation is 1. The van der Waals surface area contributed by atoms with E-state index in [0.29, 0.717) is 18.3 Å². The van der Waals surface area contributed by atoms with E-state index in [-0.39, 0.29) is 0 Å². The van der Waals surface area contributed by atoms with Gasteiger partial charge in [0, 0.05) is 16.2 Å². The van der Waals surface area contributed by atoms with Gasteiger partial charge < -0.3 is 4.42 Å². The third-order valence-electron chi connectivity index (χ3n) is 2.62. The summed E-state index contributed by atoms with van der Waals surface area (Å²) >= 11 is 3.39. The number of hydrogen-bond acceptors (Lipinski definition) is 4. The molecule has 0 saturated carbocycles. The molecule has 0 spiro atoms. The van der Waals surface area contributed by atoms with Crippen molar-refractivity contribution in [2.45, 2.75) is 13.5 Å². The predicted molar refractivity (Wildman–Crippen MR) is 73.5 cm³/mol. The van der Waals surface area contributed by atoms with Crippen LogP contribution in [-0.2, 0) is 6.54 Å². The van der Waals surface area contributed by atoms with Crippen LogP contribution in [0.5, 0.6) is 0 Å². The van der Waals surface area contributed by atoms with Crippen LogP contribution in [0.25, 0.3) is 11.5 Å². The molecule has 0 radical (unpaired) electrons. The lowest BCUT2D eigenvalue weighted by atomic mass is 10.2. The Bertz CT molecular complexity index is 687. The largest absolute Gasteiger partial charge is 0.419 e. The third kappa shape index (κ3) is 2.73. The van der Waals surface area contributed by atoms with Crippen molar-refractivity contribution in [2.24, 2.45) is 0 Å². The first-order valence-electron chi connectivity index (χ1n) is 5.78. The maximum atomic E-state index is 5.62. The zero-order chi connectivity index (χ0) is 13.2. The van der Waals surface area contributed by atoms with E-state index in [1.54, 1.807) is 10.9 Å². The molecule has 2 heterocycles. The fraction of sp³-hybridized carbons (Fsp3) is 0.154. The van der Waals surface area contributed by atoms with Gasteiger partial charge in [0.05, 0.1) is 6.20 Å². The molecule has 0 fully saturated rings. The SMILES string of the molecule is Cc1cnn(Cc2nnc(-c3ccc(Br)cc3)o2)c1. The Morgan fingerprint density at radius 2 is 2.00 bits per heavy atom. The average molecular weight is 319 g/mol. The summed E-state index contributed by atoms with van der Waals surface area (Å²) in [6.07, 6.45) is 3.73. The summed E-state index contributed by atoms with van der Waals surface area (Å²) in [5.41, 5.74) is 2.01. The van der Waals surface area contributed by atoms with Crippen LogP contribution in [0.3, 0.4) is 0 Å². The van der Waals surface area contributed by atoms with Crippen molar-refractivity contribution < 1.29 is 4.42 Å². The molecule has 0 unspecified atom stereocenters. The molecule has 96 valence electrons. The predicted octanol–water partition coefficient (Wildman–Crippen LogP) is 3.05. The Labute approximate surface area is 118 Å². The first-order valence-corrected chi connectivity index (χ1v) is 6.57. The van der Waals surface area contributed by atoms with Gasteiger partial charge in [-0.25, -0.2) is 0 Å². The van der Waals surface area contributed by atoms with Gasteiger partial charge >= 0.3 is 0 Å². The molecule has 0 aliphatic heterocycles. The lowest BCUT2D eigenvalue weighted by Crippen LogP contribution is -1.99. The van der Waals surface area contributed by atoms with Gasteiger partial charge in [0.15, 0.2) is 0 Å². The van der Waals surface area contributed by atoms with E-state index in [1.165, 1.54) is 0 Å². The molecule has 3 aromatic rings. The average Bonchev–Trinajstić information content (AvgIpc) is 3.00. The maximum absolute atomic E-state index is 5.62. The van der Waals surface area contributed by atoms with E-state index >= 15 is 0 Å². The van der Waals surface area contributed by atoms with Crippen LogP contribution in [0.2, 0.25) is 0 Å². The molecule has 2 aromatic heterocycles. The van der Waals surface area contributed by atoms with Gasteiger partial charge in [-0.1, -0.05) is 15.9 Å². The number of halogens is 1. The van der Waals surface area contributed by atoms with Crippen LogP contribution in [0, 0.1) is 6.92 Å². The zero-order valence-corrected chi connectivity index (χ0v) is 11.8. The van der Waals surface area contributed by atoms with Gasteiger partial charge in [-0.2, -0.15) is 5.10 Å². The van der Waals surface area contributed by atoms with E-state index in [4.69, 9.17) is 4.42 Å². The molecular weight excluding hydrogens is 308 g/mol. The molecule has 0 aliphatic carbocycles. The summed E-state index contributed by atoms with van der Waals surface area (Å²) in [5, 5.41) is 12.3. The summed E-state index contributed by atoms with van der Waals surface area (Å²) < 4.78 is 8.41. The summed E-state index contributed by atoms with van der Waals surface area (Å²) in [4.78, 5) is 0. The van der Waals surface area contributed by atoms with Crippen LogP contribution < -0.4 is 0 Å². The van der Waals surface area contributed by atoms with Crippen molar-refractivity contribution in [3.63, 3.8) is 0 Å². The first kappa shape index (κ1) is 12.1. The molecule has 0 saturated heterocycles. The standard InChI is InChI=1S/C13H11BrN4O/c1-9-6-15-18(7-9)8-12-16-17-13(19-12)10-2-4-11(14)5-3-10/h2-7H,8H2,1H3. The molecular formula is C13H11BrN4O. The fourth-order valence-corrected chi connectivity index (χ4v) is 1.98. The van der Waals surface area contributed by atoms with E-state index in [0.717, 1.165) is 15.6 Å². The molecule has 1 aromatic carbocycles. The van der Waals surface area contributed by atoms with Gasteiger partial charge in [-0.3, -0.25) is 4.68 Å². The monoisotopic (exact) mass is 318 g/mol. The van der Waals surface area contributed by atoms with E-state index in [9.17, 15) is 0 Å². The second kappa shape index (κ2) is 4.97. The van der Waals surface area contributed by atoms with Gasteiger partial charge in [-0.15, -0.1) is 10.2 Å². The van der Waals surface area contributed by atoms with Gasteiger partial charge in [0.2, 0.25) is 11.8 Å². The van der Waals surface area contributed by atoms with Gasteiger partial charge in [-0.05, 0) is 36.8 Å². The first-order chi connectivity index (χ1) is 9.20. The number of hydrogen-bond donors (Lipinski definition) is 0. The Morgan fingerprint density at radius 1 is 1.21 bits per heavy atom. The van der Waals surface area contributed by atoms with Gasteiger partial charge in [0.25, 0.3) is 0 Å². The maximum Gasteiger partial charge on any atom is 0.247 e. The van der Waals surface area contributed by atoms with Crippen LogP contribution >= 0.6 is 15.9 Å². The highest BCUT2D eigenvalue weighted by Gasteiger charge is 2.09. The number of aromatic nitrogens is 4. The minimum absolute atomic E-state index is 0.484. The van der Waals surface area contributed by atoms with E-state index < -0.39 is 0 Å². The smallest absolute Gasteiger partial charge is 0.247 e. The molecule has 0 amide bonds. The van der Waals surface area contributed by atoms with E-state index in [2.05, 4.69) is 31.2 Å². The Kier molecular flexibility index (Phi) is 3.16. The Balaban J connectivity index is 1.81. The summed E-state index contributed by atoms with van der Waals surface area (Å²) in [6.45, 7) is 2.47. The Morgan fingerprint density at radius 3 is 2.68 bits per heavy atom. The molecule has 19 heavy (non-hydrogen) atoms. The quantitative estimate of drug-likeness (QED) is 0.744. The van der Waals surface area contributed by atoms with Crippen molar-refractivity contribution >= 4 is 15.9 Å². The third-order valence-corrected chi connectivity index (χ3v) is 3.15. The summed E-state index contributed by atoms with van der Waals surface area (Å²) in [5.74, 6) is 1.06. The second-order valence-corrected chi connectivity index (χ2v) is 5.14. The van der Waals surface area contributed by atoms with E-state index in [1.807, 2.05) is 37.4 Å². The second-order valence-electron chi connectivity index (χ2n) is 4.22.